The van der Waals surface area contributed by atoms with E-state index in [4.69, 9.17) is 14.2 Å². The maximum Gasteiger partial charge on any atom is 0.231 e. The molecule has 1 aromatic heterocycles. The van der Waals surface area contributed by atoms with Crippen molar-refractivity contribution in [3.63, 3.8) is 0 Å². The second-order valence-electron chi connectivity index (χ2n) is 8.13. The van der Waals surface area contributed by atoms with Crippen molar-refractivity contribution < 1.29 is 14.1 Å². The van der Waals surface area contributed by atoms with Gasteiger partial charge in [-0.25, -0.2) is 0 Å². The van der Waals surface area contributed by atoms with Gasteiger partial charge in [0.05, 0.1) is 17.9 Å². The van der Waals surface area contributed by atoms with Gasteiger partial charge >= 0.3 is 0 Å². The summed E-state index contributed by atoms with van der Waals surface area (Å²) < 4.78 is 11.2. The molecular weight excluding hydrogens is 318 g/mol. The lowest BCUT2D eigenvalue weighted by molar-refractivity contribution is -0.133. The molecule has 0 radical (unpaired) electrons. The Hall–Kier alpha value is -1.43. The van der Waals surface area contributed by atoms with Crippen molar-refractivity contribution in [1.82, 2.24) is 15.0 Å². The molecule has 1 amide bonds. The molecule has 0 bridgehead atoms. The van der Waals surface area contributed by atoms with Gasteiger partial charge in [-0.3, -0.25) is 4.79 Å². The van der Waals surface area contributed by atoms with Crippen molar-refractivity contribution in [2.24, 2.45) is 5.92 Å². The number of hydrogen-bond donors (Lipinski definition) is 0. The number of carbonyl (C=O) groups is 1. The largest absolute Gasteiger partial charge is 0.384 e. The molecule has 2 saturated carbocycles. The summed E-state index contributed by atoms with van der Waals surface area (Å²) in [4.78, 5) is 19.2. The van der Waals surface area contributed by atoms with Gasteiger partial charge in [0.1, 0.15) is 0 Å². The molecule has 0 N–H and O–H groups in total. The molecule has 3 aliphatic rings. The van der Waals surface area contributed by atoms with Gasteiger partial charge in [-0.05, 0) is 38.5 Å². The van der Waals surface area contributed by atoms with Crippen LogP contribution in [0, 0.1) is 5.92 Å². The van der Waals surface area contributed by atoms with Crippen LogP contribution >= 0.6 is 0 Å². The van der Waals surface area contributed by atoms with E-state index in [2.05, 4.69) is 5.16 Å². The highest BCUT2D eigenvalue weighted by Crippen LogP contribution is 2.39. The number of methoxy groups -OCH3 is 1. The Morgan fingerprint density at radius 3 is 2.76 bits per heavy atom. The fourth-order valence-corrected chi connectivity index (χ4v) is 4.52. The van der Waals surface area contributed by atoms with E-state index >= 15 is 0 Å². The fraction of sp³-hybridized carbons (Fsp3) is 0.842. The first kappa shape index (κ1) is 17.0. The summed E-state index contributed by atoms with van der Waals surface area (Å²) in [6.07, 6.45) is 9.96. The first-order valence-corrected chi connectivity index (χ1v) is 9.84. The summed E-state index contributed by atoms with van der Waals surface area (Å²) in [5.74, 6) is 2.32. The van der Waals surface area contributed by atoms with Crippen molar-refractivity contribution >= 4 is 5.91 Å². The van der Waals surface area contributed by atoms with Crippen LogP contribution < -0.4 is 0 Å². The highest BCUT2D eigenvalue weighted by atomic mass is 16.5. The monoisotopic (exact) mass is 347 g/mol. The van der Waals surface area contributed by atoms with E-state index in [-0.39, 0.29) is 17.3 Å². The highest BCUT2D eigenvalue weighted by molar-refractivity contribution is 5.81. The number of ether oxygens (including phenoxy) is 1. The van der Waals surface area contributed by atoms with Crippen LogP contribution in [0.15, 0.2) is 4.52 Å². The van der Waals surface area contributed by atoms with E-state index in [1.165, 1.54) is 19.3 Å². The summed E-state index contributed by atoms with van der Waals surface area (Å²) in [6.45, 7) is 2.26. The average Bonchev–Trinajstić information content (AvgIpc) is 3.38. The van der Waals surface area contributed by atoms with Crippen molar-refractivity contribution in [2.75, 3.05) is 26.8 Å². The number of aromatic nitrogens is 2. The van der Waals surface area contributed by atoms with Crippen molar-refractivity contribution in [3.8, 4) is 0 Å². The van der Waals surface area contributed by atoms with E-state index in [1.54, 1.807) is 7.11 Å². The maximum atomic E-state index is 12.4. The molecule has 3 fully saturated rings. The second kappa shape index (κ2) is 7.06. The Morgan fingerprint density at radius 2 is 2.04 bits per heavy atom. The Morgan fingerprint density at radius 1 is 1.24 bits per heavy atom. The van der Waals surface area contributed by atoms with Gasteiger partial charge in [0, 0.05) is 26.1 Å². The van der Waals surface area contributed by atoms with E-state index in [1.807, 2.05) is 4.90 Å². The van der Waals surface area contributed by atoms with Gasteiger partial charge in [0.25, 0.3) is 0 Å². The molecular formula is C19H29N3O3. The average molecular weight is 347 g/mol. The molecule has 1 aliphatic heterocycles. The van der Waals surface area contributed by atoms with Crippen molar-refractivity contribution in [1.29, 1.82) is 0 Å². The van der Waals surface area contributed by atoms with Gasteiger partial charge in [0.2, 0.25) is 11.8 Å². The fourth-order valence-electron chi connectivity index (χ4n) is 4.52. The number of nitrogens with zero attached hydrogens (tertiary/aromatic N) is 3. The predicted molar refractivity (Wildman–Crippen MR) is 92.2 cm³/mol. The van der Waals surface area contributed by atoms with Crippen LogP contribution in [0.5, 0.6) is 0 Å². The Labute approximate surface area is 149 Å². The molecule has 2 aliphatic carbocycles. The molecule has 0 spiro atoms. The number of carbonyl (C=O) groups excluding carboxylic acids is 1. The lowest BCUT2D eigenvalue weighted by Crippen LogP contribution is -2.40. The summed E-state index contributed by atoms with van der Waals surface area (Å²) in [7, 11) is 1.75. The molecule has 25 heavy (non-hydrogen) atoms. The molecule has 1 saturated heterocycles. The number of rotatable bonds is 5. The van der Waals surface area contributed by atoms with Crippen molar-refractivity contribution in [3.05, 3.63) is 11.7 Å². The Balaban J connectivity index is 1.48. The number of amides is 1. The lowest BCUT2D eigenvalue weighted by Gasteiger charge is -2.33. The van der Waals surface area contributed by atoms with E-state index in [0.717, 1.165) is 57.4 Å². The number of likely N-dealkylation sites (tertiary alicyclic amines) is 1. The van der Waals surface area contributed by atoms with E-state index in [0.29, 0.717) is 18.4 Å². The van der Waals surface area contributed by atoms with Crippen LogP contribution in [0.4, 0.5) is 0 Å². The topological polar surface area (TPSA) is 68.5 Å². The molecule has 6 nitrogen and oxygen atoms in total. The summed E-state index contributed by atoms with van der Waals surface area (Å²) in [5, 5.41) is 4.35. The minimum Gasteiger partial charge on any atom is -0.384 e. The zero-order valence-corrected chi connectivity index (χ0v) is 15.2. The third-order valence-corrected chi connectivity index (χ3v) is 6.16. The molecule has 1 unspecified atom stereocenters. The van der Waals surface area contributed by atoms with E-state index < -0.39 is 0 Å². The minimum absolute atomic E-state index is 0.0903. The SMILES string of the molecule is COCC1(c2noc(C3CCCN(C(=O)C4CC4)C3)n2)CCCCC1. The first-order chi connectivity index (χ1) is 12.2. The van der Waals surface area contributed by atoms with Gasteiger partial charge < -0.3 is 14.2 Å². The predicted octanol–water partition coefficient (Wildman–Crippen LogP) is 3.03. The molecule has 4 rings (SSSR count). The molecule has 6 heteroatoms. The number of piperidine rings is 1. The molecule has 138 valence electrons. The smallest absolute Gasteiger partial charge is 0.231 e. The molecule has 1 atom stereocenters. The van der Waals surface area contributed by atoms with Crippen LogP contribution in [-0.2, 0) is 14.9 Å². The van der Waals surface area contributed by atoms with Gasteiger partial charge in [0.15, 0.2) is 5.82 Å². The molecule has 1 aromatic rings. The standard InChI is InChI=1S/C19H29N3O3/c1-24-13-19(9-3-2-4-10-19)18-20-16(25-21-18)15-6-5-11-22(12-15)17(23)14-7-8-14/h14-15H,2-13H2,1H3. The van der Waals surface area contributed by atoms with Crippen LogP contribution in [0.25, 0.3) is 0 Å². The second-order valence-corrected chi connectivity index (χ2v) is 8.13. The van der Waals surface area contributed by atoms with Gasteiger partial charge in [-0.1, -0.05) is 24.4 Å². The Bertz CT molecular complexity index is 599. The summed E-state index contributed by atoms with van der Waals surface area (Å²) >= 11 is 0. The zero-order chi connectivity index (χ0) is 17.3. The third-order valence-electron chi connectivity index (χ3n) is 6.16. The zero-order valence-electron chi connectivity index (χ0n) is 15.2. The van der Waals surface area contributed by atoms with Crippen LogP contribution in [-0.4, -0.2) is 47.8 Å². The van der Waals surface area contributed by atoms with E-state index in [9.17, 15) is 4.79 Å². The van der Waals surface area contributed by atoms with Crippen molar-refractivity contribution in [2.45, 2.75) is 69.1 Å². The van der Waals surface area contributed by atoms with Crippen LogP contribution in [0.1, 0.15) is 75.4 Å². The highest BCUT2D eigenvalue weighted by Gasteiger charge is 2.40. The summed E-state index contributed by atoms with van der Waals surface area (Å²) in [6, 6.07) is 0. The molecule has 0 aromatic carbocycles. The quantitative estimate of drug-likeness (QED) is 0.819. The van der Waals surface area contributed by atoms with Crippen LogP contribution in [0.2, 0.25) is 0 Å². The summed E-state index contributed by atoms with van der Waals surface area (Å²) in [5.41, 5.74) is -0.0903. The molecule has 2 heterocycles. The van der Waals surface area contributed by atoms with Gasteiger partial charge in [-0.15, -0.1) is 0 Å². The third kappa shape index (κ3) is 3.46. The van der Waals surface area contributed by atoms with Crippen LogP contribution in [0.3, 0.4) is 0 Å². The van der Waals surface area contributed by atoms with Gasteiger partial charge in [-0.2, -0.15) is 4.98 Å². The first-order valence-electron chi connectivity index (χ1n) is 9.84. The minimum atomic E-state index is -0.0903. The normalized spacial score (nSPS) is 26.6. The maximum absolute atomic E-state index is 12.4. The Kier molecular flexibility index (Phi) is 4.80. The number of hydrogen-bond acceptors (Lipinski definition) is 5. The lowest BCUT2D eigenvalue weighted by atomic mass is 9.74.